The minimum absolute atomic E-state index is 0.0386. The average molecular weight is 591 g/mol. The molecule has 3 aromatic carbocycles. The Morgan fingerprint density at radius 1 is 0.923 bits per heavy atom. The summed E-state index contributed by atoms with van der Waals surface area (Å²) in [7, 11) is -4.20. The molecule has 0 aromatic heterocycles. The molecule has 3 rings (SSSR count). The van der Waals surface area contributed by atoms with Gasteiger partial charge in [-0.25, -0.2) is 8.42 Å². The van der Waals surface area contributed by atoms with Crippen LogP contribution in [-0.4, -0.2) is 43.3 Å². The molecule has 3 aromatic rings. The van der Waals surface area contributed by atoms with Gasteiger partial charge in [0.05, 0.1) is 10.6 Å². The van der Waals surface area contributed by atoms with Gasteiger partial charge in [-0.1, -0.05) is 59.1 Å². The molecule has 0 aliphatic heterocycles. The molecule has 1 N–H and O–H groups in total. The summed E-state index contributed by atoms with van der Waals surface area (Å²) in [4.78, 5) is 28.4. The number of nitrogens with one attached hydrogen (secondary N) is 1. The zero-order valence-electron chi connectivity index (χ0n) is 22.6. The Kier molecular flexibility index (Phi) is 9.69. The summed E-state index contributed by atoms with van der Waals surface area (Å²) < 4.78 is 28.6. The quantitative estimate of drug-likeness (QED) is 0.340. The molecule has 0 spiro atoms. The predicted octanol–water partition coefficient (Wildman–Crippen LogP) is 5.83. The Morgan fingerprint density at radius 3 is 2.10 bits per heavy atom. The molecule has 0 radical (unpaired) electrons. The van der Waals surface area contributed by atoms with Crippen LogP contribution in [0.5, 0.6) is 0 Å². The fourth-order valence-electron chi connectivity index (χ4n) is 3.84. The van der Waals surface area contributed by atoms with Gasteiger partial charge >= 0.3 is 0 Å². The van der Waals surface area contributed by atoms with Crippen molar-refractivity contribution in [1.29, 1.82) is 0 Å². The van der Waals surface area contributed by atoms with Crippen LogP contribution in [0.15, 0.2) is 77.7 Å². The van der Waals surface area contributed by atoms with Gasteiger partial charge in [-0.2, -0.15) is 0 Å². The van der Waals surface area contributed by atoms with Crippen LogP contribution in [0.3, 0.4) is 0 Å². The lowest BCUT2D eigenvalue weighted by atomic mass is 10.1. The molecule has 1 atom stereocenters. The van der Waals surface area contributed by atoms with Gasteiger partial charge in [0.2, 0.25) is 11.8 Å². The fraction of sp³-hybridized carbons (Fsp3) is 0.310. The molecule has 208 valence electrons. The third kappa shape index (κ3) is 8.21. The maximum absolute atomic E-state index is 13.9. The number of rotatable bonds is 9. The van der Waals surface area contributed by atoms with Gasteiger partial charge in [0.1, 0.15) is 12.6 Å². The number of carbonyl (C=O) groups is 2. The third-order valence-corrected chi connectivity index (χ3v) is 8.19. The van der Waals surface area contributed by atoms with Crippen molar-refractivity contribution in [2.75, 3.05) is 10.8 Å². The van der Waals surface area contributed by atoms with Crippen molar-refractivity contribution in [3.8, 4) is 0 Å². The van der Waals surface area contributed by atoms with Crippen LogP contribution >= 0.6 is 23.2 Å². The number of nitrogens with zero attached hydrogens (tertiary/aromatic N) is 2. The van der Waals surface area contributed by atoms with Crippen LogP contribution in [0.1, 0.15) is 38.8 Å². The van der Waals surface area contributed by atoms with E-state index in [2.05, 4.69) is 5.32 Å². The first-order chi connectivity index (χ1) is 18.2. The monoisotopic (exact) mass is 589 g/mol. The first kappa shape index (κ1) is 30.5. The minimum atomic E-state index is -4.20. The minimum Gasteiger partial charge on any atom is -0.350 e. The lowest BCUT2D eigenvalue weighted by Crippen LogP contribution is -2.54. The van der Waals surface area contributed by atoms with Crippen LogP contribution in [0.25, 0.3) is 0 Å². The second-order valence-corrected chi connectivity index (χ2v) is 13.1. The molecule has 0 saturated heterocycles. The van der Waals surface area contributed by atoms with Crippen molar-refractivity contribution >= 4 is 50.7 Å². The number of hydrogen-bond donors (Lipinski definition) is 1. The molecule has 0 bridgehead atoms. The standard InChI is InChI=1S/C29H33Cl2N3O4S/c1-20-9-11-22(12-10-20)18-33(21(2)28(36)32-29(3,4)5)27(35)19-34(25-8-6-7-24(31)17-25)39(37,38)26-15-13-23(30)14-16-26/h6-17,21H,18-19H2,1-5H3,(H,32,36). The highest BCUT2D eigenvalue weighted by molar-refractivity contribution is 7.92. The lowest BCUT2D eigenvalue weighted by molar-refractivity contribution is -0.140. The van der Waals surface area contributed by atoms with Crippen LogP contribution in [-0.2, 0) is 26.2 Å². The normalized spacial score (nSPS) is 12.5. The van der Waals surface area contributed by atoms with E-state index in [-0.39, 0.29) is 23.0 Å². The number of benzene rings is 3. The molecule has 0 saturated carbocycles. The Hall–Kier alpha value is -3.07. The number of carbonyl (C=O) groups excluding carboxylic acids is 2. The second-order valence-electron chi connectivity index (χ2n) is 10.4. The van der Waals surface area contributed by atoms with Crippen molar-refractivity contribution in [1.82, 2.24) is 10.2 Å². The van der Waals surface area contributed by atoms with Crippen molar-refractivity contribution in [3.63, 3.8) is 0 Å². The molecule has 0 aliphatic carbocycles. The van der Waals surface area contributed by atoms with E-state index >= 15 is 0 Å². The molecular weight excluding hydrogens is 557 g/mol. The van der Waals surface area contributed by atoms with Gasteiger partial charge < -0.3 is 10.2 Å². The van der Waals surface area contributed by atoms with Gasteiger partial charge in [0.25, 0.3) is 10.0 Å². The fourth-order valence-corrected chi connectivity index (χ4v) is 5.56. The van der Waals surface area contributed by atoms with Crippen LogP contribution in [0, 0.1) is 6.92 Å². The summed E-state index contributed by atoms with van der Waals surface area (Å²) in [6.45, 7) is 8.70. The van der Waals surface area contributed by atoms with E-state index in [1.165, 1.54) is 35.2 Å². The third-order valence-electron chi connectivity index (χ3n) is 5.92. The summed E-state index contributed by atoms with van der Waals surface area (Å²) in [5.74, 6) is -0.900. The predicted molar refractivity (Wildman–Crippen MR) is 157 cm³/mol. The van der Waals surface area contributed by atoms with E-state index in [4.69, 9.17) is 23.2 Å². The Bertz CT molecular complexity index is 1420. The Balaban J connectivity index is 2.03. The van der Waals surface area contributed by atoms with E-state index in [0.717, 1.165) is 15.4 Å². The van der Waals surface area contributed by atoms with Gasteiger partial charge in [0, 0.05) is 22.1 Å². The van der Waals surface area contributed by atoms with E-state index in [9.17, 15) is 18.0 Å². The smallest absolute Gasteiger partial charge is 0.264 e. The van der Waals surface area contributed by atoms with Crippen LogP contribution in [0.4, 0.5) is 5.69 Å². The van der Waals surface area contributed by atoms with E-state index in [1.807, 2.05) is 52.0 Å². The van der Waals surface area contributed by atoms with Gasteiger partial charge in [-0.05, 0) is 82.6 Å². The topological polar surface area (TPSA) is 86.8 Å². The van der Waals surface area contributed by atoms with Crippen molar-refractivity contribution < 1.29 is 18.0 Å². The SMILES string of the molecule is Cc1ccc(CN(C(=O)CN(c2cccc(Cl)c2)S(=O)(=O)c2ccc(Cl)cc2)C(C)C(=O)NC(C)(C)C)cc1. The zero-order valence-corrected chi connectivity index (χ0v) is 24.9. The summed E-state index contributed by atoms with van der Waals surface area (Å²) in [5.41, 5.74) is 1.55. The average Bonchev–Trinajstić information content (AvgIpc) is 2.85. The van der Waals surface area contributed by atoms with E-state index in [1.54, 1.807) is 25.1 Å². The molecule has 0 heterocycles. The van der Waals surface area contributed by atoms with Crippen LogP contribution in [0.2, 0.25) is 10.0 Å². The zero-order chi connectivity index (χ0) is 29.0. The highest BCUT2D eigenvalue weighted by Gasteiger charge is 2.33. The van der Waals surface area contributed by atoms with Crippen molar-refractivity contribution in [3.05, 3.63) is 94.0 Å². The van der Waals surface area contributed by atoms with Crippen molar-refractivity contribution in [2.45, 2.75) is 57.6 Å². The Labute approximate surface area is 240 Å². The summed E-state index contributed by atoms with van der Waals surface area (Å²) in [6.07, 6.45) is 0. The number of aryl methyl sites for hydroxylation is 1. The molecule has 1 unspecified atom stereocenters. The molecule has 39 heavy (non-hydrogen) atoms. The lowest BCUT2D eigenvalue weighted by Gasteiger charge is -2.33. The number of anilines is 1. The van der Waals surface area contributed by atoms with Gasteiger partial charge in [-0.3, -0.25) is 13.9 Å². The maximum atomic E-state index is 13.9. The number of sulfonamides is 1. The molecule has 2 amide bonds. The first-order valence-corrected chi connectivity index (χ1v) is 14.6. The van der Waals surface area contributed by atoms with E-state index in [0.29, 0.717) is 10.0 Å². The largest absolute Gasteiger partial charge is 0.350 e. The summed E-state index contributed by atoms with van der Waals surface area (Å²) in [6, 6.07) is 18.7. The van der Waals surface area contributed by atoms with Crippen molar-refractivity contribution in [2.24, 2.45) is 0 Å². The Morgan fingerprint density at radius 2 is 1.54 bits per heavy atom. The summed E-state index contributed by atoms with van der Waals surface area (Å²) in [5, 5.41) is 3.60. The number of hydrogen-bond acceptors (Lipinski definition) is 4. The highest BCUT2D eigenvalue weighted by Crippen LogP contribution is 2.27. The molecule has 10 heteroatoms. The van der Waals surface area contributed by atoms with Gasteiger partial charge in [-0.15, -0.1) is 0 Å². The molecule has 7 nitrogen and oxygen atoms in total. The highest BCUT2D eigenvalue weighted by atomic mass is 35.5. The first-order valence-electron chi connectivity index (χ1n) is 12.4. The second kappa shape index (κ2) is 12.4. The molecule has 0 aliphatic rings. The van der Waals surface area contributed by atoms with E-state index < -0.39 is 34.1 Å². The van der Waals surface area contributed by atoms with Gasteiger partial charge in [0.15, 0.2) is 0 Å². The van der Waals surface area contributed by atoms with Crippen LogP contribution < -0.4 is 9.62 Å². The maximum Gasteiger partial charge on any atom is 0.264 e. The molecule has 0 fully saturated rings. The number of amides is 2. The molecular formula is C29H33Cl2N3O4S. The summed E-state index contributed by atoms with van der Waals surface area (Å²) >= 11 is 12.2. The number of halogens is 2.